The van der Waals surface area contributed by atoms with Gasteiger partial charge in [-0.3, -0.25) is 4.79 Å². The Balaban J connectivity index is 1.43. The molecule has 0 fully saturated rings. The highest BCUT2D eigenvalue weighted by Crippen LogP contribution is 2.33. The maximum atomic E-state index is 12.4. The van der Waals surface area contributed by atoms with Crippen LogP contribution in [0.4, 0.5) is 5.69 Å². The van der Waals surface area contributed by atoms with Crippen LogP contribution in [-0.2, 0) is 4.79 Å². The fourth-order valence-electron chi connectivity index (χ4n) is 3.20. The zero-order valence-corrected chi connectivity index (χ0v) is 18.9. The summed E-state index contributed by atoms with van der Waals surface area (Å²) in [5.41, 5.74) is 2.01. The predicted octanol–water partition coefficient (Wildman–Crippen LogP) is 4.45. The molecule has 9 heteroatoms. The lowest BCUT2D eigenvalue weighted by Gasteiger charge is -2.13. The molecule has 0 unspecified atom stereocenters. The van der Waals surface area contributed by atoms with Crippen molar-refractivity contribution in [2.24, 2.45) is 0 Å². The molecule has 9 nitrogen and oxygen atoms in total. The number of nitrogens with one attached hydrogen (secondary N) is 1. The maximum absolute atomic E-state index is 12.4. The fourth-order valence-corrected chi connectivity index (χ4v) is 3.20. The lowest BCUT2D eigenvalue weighted by atomic mass is 10.2. The van der Waals surface area contributed by atoms with Crippen LogP contribution in [0.25, 0.3) is 22.8 Å². The second-order valence-corrected chi connectivity index (χ2v) is 7.06. The van der Waals surface area contributed by atoms with E-state index in [1.54, 1.807) is 43.5 Å². The van der Waals surface area contributed by atoms with E-state index in [4.69, 9.17) is 23.5 Å². The Morgan fingerprint density at radius 3 is 2.38 bits per heavy atom. The molecule has 0 spiro atoms. The van der Waals surface area contributed by atoms with Crippen LogP contribution in [0.1, 0.15) is 0 Å². The van der Waals surface area contributed by atoms with Crippen LogP contribution in [0.5, 0.6) is 23.0 Å². The quantitative estimate of drug-likeness (QED) is 0.390. The van der Waals surface area contributed by atoms with E-state index in [1.807, 2.05) is 30.3 Å². The number of benzene rings is 3. The van der Waals surface area contributed by atoms with Gasteiger partial charge in [-0.25, -0.2) is 0 Å². The topological polar surface area (TPSA) is 105 Å². The number of carbonyl (C=O) groups excluding carboxylic acids is 1. The van der Waals surface area contributed by atoms with E-state index in [1.165, 1.54) is 14.2 Å². The van der Waals surface area contributed by atoms with Crippen LogP contribution in [-0.4, -0.2) is 44.0 Å². The van der Waals surface area contributed by atoms with Crippen LogP contribution in [0.15, 0.2) is 71.3 Å². The van der Waals surface area contributed by atoms with Crippen LogP contribution in [0.2, 0.25) is 0 Å². The van der Waals surface area contributed by atoms with Crippen LogP contribution >= 0.6 is 0 Å². The third-order valence-corrected chi connectivity index (χ3v) is 4.91. The summed E-state index contributed by atoms with van der Waals surface area (Å²) >= 11 is 0. The van der Waals surface area contributed by atoms with Gasteiger partial charge in [0, 0.05) is 17.2 Å². The van der Waals surface area contributed by atoms with Crippen molar-refractivity contribution in [2.45, 2.75) is 0 Å². The van der Waals surface area contributed by atoms with Gasteiger partial charge in [-0.05, 0) is 42.5 Å². The normalized spacial score (nSPS) is 10.4. The van der Waals surface area contributed by atoms with Gasteiger partial charge in [0.05, 0.1) is 27.0 Å². The van der Waals surface area contributed by atoms with Gasteiger partial charge in [-0.1, -0.05) is 23.4 Å². The van der Waals surface area contributed by atoms with Gasteiger partial charge in [0.2, 0.25) is 5.82 Å². The summed E-state index contributed by atoms with van der Waals surface area (Å²) < 4.78 is 27.0. The molecular formula is C25H23N3O6. The molecule has 0 aliphatic rings. The van der Waals surface area contributed by atoms with Crippen molar-refractivity contribution < 1.29 is 28.3 Å². The molecule has 1 heterocycles. The van der Waals surface area contributed by atoms with Crippen LogP contribution in [0.3, 0.4) is 0 Å². The molecule has 0 bridgehead atoms. The standard InChI is InChI=1S/C25H23N3O6/c1-30-18-10-11-19(21(14-18)31-2)26-23(29)15-33-20-12-9-17(13-22(20)32-3)24-27-25(34-28-24)16-7-5-4-6-8-16/h4-14H,15H2,1-3H3,(H,26,29). The maximum Gasteiger partial charge on any atom is 0.262 e. The Morgan fingerprint density at radius 1 is 0.853 bits per heavy atom. The third kappa shape index (κ3) is 5.09. The van der Waals surface area contributed by atoms with Gasteiger partial charge in [0.15, 0.2) is 18.1 Å². The fraction of sp³-hybridized carbons (Fsp3) is 0.160. The first-order chi connectivity index (χ1) is 16.6. The Kier molecular flexibility index (Phi) is 6.92. The number of ether oxygens (including phenoxy) is 4. The highest BCUT2D eigenvalue weighted by molar-refractivity contribution is 5.93. The SMILES string of the molecule is COc1ccc(NC(=O)COc2ccc(-c3noc(-c4ccccc4)n3)cc2OC)c(OC)c1. The molecular weight excluding hydrogens is 438 g/mol. The number of hydrogen-bond donors (Lipinski definition) is 1. The number of hydrogen-bond acceptors (Lipinski definition) is 8. The average molecular weight is 461 g/mol. The first-order valence-electron chi connectivity index (χ1n) is 10.3. The number of aromatic nitrogens is 2. The molecule has 0 aliphatic carbocycles. The van der Waals surface area contributed by atoms with Gasteiger partial charge in [0.25, 0.3) is 11.8 Å². The van der Waals surface area contributed by atoms with Crippen molar-refractivity contribution in [1.82, 2.24) is 10.1 Å². The monoisotopic (exact) mass is 461 g/mol. The second kappa shape index (κ2) is 10.4. The summed E-state index contributed by atoms with van der Waals surface area (Å²) in [5, 5.41) is 6.81. The van der Waals surface area contributed by atoms with E-state index in [0.29, 0.717) is 46.0 Å². The van der Waals surface area contributed by atoms with E-state index in [2.05, 4.69) is 15.5 Å². The van der Waals surface area contributed by atoms with Gasteiger partial charge < -0.3 is 28.8 Å². The summed E-state index contributed by atoms with van der Waals surface area (Å²) in [6, 6.07) is 19.8. The van der Waals surface area contributed by atoms with E-state index in [9.17, 15) is 4.79 Å². The van der Waals surface area contributed by atoms with E-state index >= 15 is 0 Å². The molecule has 1 aromatic heterocycles. The number of rotatable bonds is 9. The van der Waals surface area contributed by atoms with Crippen LogP contribution < -0.4 is 24.3 Å². The molecule has 0 saturated carbocycles. The molecule has 1 amide bonds. The highest BCUT2D eigenvalue weighted by atomic mass is 16.5. The zero-order chi connectivity index (χ0) is 23.9. The molecule has 0 aliphatic heterocycles. The van der Waals surface area contributed by atoms with Gasteiger partial charge in [-0.2, -0.15) is 4.98 Å². The summed E-state index contributed by atoms with van der Waals surface area (Å²) in [6.07, 6.45) is 0. The first-order valence-corrected chi connectivity index (χ1v) is 10.3. The summed E-state index contributed by atoms with van der Waals surface area (Å²) in [7, 11) is 4.58. The van der Waals surface area contributed by atoms with E-state index in [-0.39, 0.29) is 12.5 Å². The minimum atomic E-state index is -0.361. The molecule has 4 aromatic rings. The molecule has 0 atom stereocenters. The van der Waals surface area contributed by atoms with Crippen molar-refractivity contribution in [3.05, 3.63) is 66.7 Å². The Morgan fingerprint density at radius 2 is 1.65 bits per heavy atom. The number of nitrogens with zero attached hydrogens (tertiary/aromatic N) is 2. The lowest BCUT2D eigenvalue weighted by molar-refractivity contribution is -0.118. The zero-order valence-electron chi connectivity index (χ0n) is 18.9. The molecule has 174 valence electrons. The van der Waals surface area contributed by atoms with Gasteiger partial charge in [-0.15, -0.1) is 0 Å². The molecule has 4 rings (SSSR count). The number of amides is 1. The van der Waals surface area contributed by atoms with E-state index < -0.39 is 0 Å². The molecule has 34 heavy (non-hydrogen) atoms. The molecule has 3 aromatic carbocycles. The summed E-state index contributed by atoms with van der Waals surface area (Å²) in [4.78, 5) is 16.9. The summed E-state index contributed by atoms with van der Waals surface area (Å²) in [5.74, 6) is 2.39. The number of carbonyl (C=O) groups is 1. The van der Waals surface area contributed by atoms with E-state index in [0.717, 1.165) is 5.56 Å². The van der Waals surface area contributed by atoms with Crippen molar-refractivity contribution in [3.8, 4) is 45.8 Å². The molecule has 1 N–H and O–H groups in total. The largest absolute Gasteiger partial charge is 0.497 e. The minimum absolute atomic E-state index is 0.231. The number of methoxy groups -OCH3 is 3. The smallest absolute Gasteiger partial charge is 0.262 e. The minimum Gasteiger partial charge on any atom is -0.497 e. The first kappa shape index (κ1) is 22.7. The number of anilines is 1. The van der Waals surface area contributed by atoms with Crippen LogP contribution in [0, 0.1) is 0 Å². The lowest BCUT2D eigenvalue weighted by Crippen LogP contribution is -2.20. The second-order valence-electron chi connectivity index (χ2n) is 7.06. The highest BCUT2D eigenvalue weighted by Gasteiger charge is 2.15. The Hall–Kier alpha value is -4.53. The average Bonchev–Trinajstić information content (AvgIpc) is 3.38. The Bertz CT molecular complexity index is 1270. The summed E-state index contributed by atoms with van der Waals surface area (Å²) in [6.45, 7) is -0.231. The predicted molar refractivity (Wildman–Crippen MR) is 125 cm³/mol. The van der Waals surface area contributed by atoms with Crippen molar-refractivity contribution in [2.75, 3.05) is 33.3 Å². The van der Waals surface area contributed by atoms with Crippen molar-refractivity contribution in [3.63, 3.8) is 0 Å². The van der Waals surface area contributed by atoms with Gasteiger partial charge >= 0.3 is 0 Å². The van der Waals surface area contributed by atoms with Crippen molar-refractivity contribution >= 4 is 11.6 Å². The van der Waals surface area contributed by atoms with Crippen molar-refractivity contribution in [1.29, 1.82) is 0 Å². The Labute approximate surface area is 196 Å². The van der Waals surface area contributed by atoms with Gasteiger partial charge in [0.1, 0.15) is 11.5 Å². The molecule has 0 saturated heterocycles. The molecule has 0 radical (unpaired) electrons. The third-order valence-electron chi connectivity index (χ3n) is 4.91.